The standard InChI is InChI=1S/C11H12Cl2N4/c1-7(2)17-6-9(5-15-17)16-11-10(13)3-8(12)4-14-11/h3-7H,1-2H3,(H,14,16). The third-order valence-electron chi connectivity index (χ3n) is 2.20. The van der Waals surface area contributed by atoms with Gasteiger partial charge in [0.15, 0.2) is 0 Å². The minimum absolute atomic E-state index is 0.319. The molecule has 2 heterocycles. The molecule has 0 saturated heterocycles. The SMILES string of the molecule is CC(C)n1cc(Nc2ncc(Cl)cc2Cl)cn1. The van der Waals surface area contributed by atoms with Crippen molar-refractivity contribution in [3.05, 3.63) is 34.7 Å². The van der Waals surface area contributed by atoms with E-state index in [9.17, 15) is 0 Å². The molecule has 2 aromatic rings. The highest BCUT2D eigenvalue weighted by atomic mass is 35.5. The molecule has 0 saturated carbocycles. The van der Waals surface area contributed by atoms with Gasteiger partial charge in [-0.25, -0.2) is 4.98 Å². The van der Waals surface area contributed by atoms with Crippen molar-refractivity contribution in [3.63, 3.8) is 0 Å². The van der Waals surface area contributed by atoms with E-state index in [2.05, 4.69) is 29.2 Å². The molecule has 0 aromatic carbocycles. The Hall–Kier alpha value is -1.26. The van der Waals surface area contributed by atoms with Crippen LogP contribution in [0.25, 0.3) is 0 Å². The number of hydrogen-bond donors (Lipinski definition) is 1. The number of nitrogens with one attached hydrogen (secondary N) is 1. The number of hydrogen-bond acceptors (Lipinski definition) is 3. The molecule has 0 spiro atoms. The topological polar surface area (TPSA) is 42.7 Å². The summed E-state index contributed by atoms with van der Waals surface area (Å²) in [6, 6.07) is 1.96. The van der Waals surface area contributed by atoms with Crippen LogP contribution < -0.4 is 5.32 Å². The first-order valence-electron chi connectivity index (χ1n) is 5.18. The molecule has 2 rings (SSSR count). The van der Waals surface area contributed by atoms with Crippen LogP contribution in [0, 0.1) is 0 Å². The van der Waals surface area contributed by atoms with Crippen LogP contribution in [0.3, 0.4) is 0 Å². The molecule has 4 nitrogen and oxygen atoms in total. The van der Waals surface area contributed by atoms with Gasteiger partial charge < -0.3 is 5.32 Å². The maximum absolute atomic E-state index is 6.01. The van der Waals surface area contributed by atoms with Crippen LogP contribution in [0.4, 0.5) is 11.5 Å². The number of rotatable bonds is 3. The smallest absolute Gasteiger partial charge is 0.149 e. The minimum Gasteiger partial charge on any atom is -0.336 e. The van der Waals surface area contributed by atoms with Gasteiger partial charge in [0.05, 0.1) is 21.9 Å². The van der Waals surface area contributed by atoms with Crippen molar-refractivity contribution in [1.82, 2.24) is 14.8 Å². The zero-order chi connectivity index (χ0) is 12.4. The summed E-state index contributed by atoms with van der Waals surface area (Å²) in [5.74, 6) is 0.569. The van der Waals surface area contributed by atoms with E-state index >= 15 is 0 Å². The highest BCUT2D eigenvalue weighted by molar-refractivity contribution is 6.36. The first-order chi connectivity index (χ1) is 8.06. The van der Waals surface area contributed by atoms with Gasteiger partial charge in [0.2, 0.25) is 0 Å². The average molecular weight is 271 g/mol. The summed E-state index contributed by atoms with van der Waals surface area (Å²) in [5, 5.41) is 8.30. The maximum Gasteiger partial charge on any atom is 0.149 e. The highest BCUT2D eigenvalue weighted by Crippen LogP contribution is 2.25. The van der Waals surface area contributed by atoms with Crippen molar-refractivity contribution >= 4 is 34.7 Å². The lowest BCUT2D eigenvalue weighted by molar-refractivity contribution is 0.532. The van der Waals surface area contributed by atoms with E-state index in [-0.39, 0.29) is 0 Å². The third-order valence-corrected chi connectivity index (χ3v) is 2.70. The Bertz CT molecular complexity index is 522. The minimum atomic E-state index is 0.319. The molecule has 0 fully saturated rings. The Kier molecular flexibility index (Phi) is 3.54. The zero-order valence-corrected chi connectivity index (χ0v) is 11.0. The Morgan fingerprint density at radius 1 is 1.29 bits per heavy atom. The lowest BCUT2D eigenvalue weighted by atomic mass is 10.4. The first-order valence-corrected chi connectivity index (χ1v) is 5.94. The normalized spacial score (nSPS) is 10.9. The Morgan fingerprint density at radius 2 is 2.06 bits per heavy atom. The summed E-state index contributed by atoms with van der Waals surface area (Å²) in [4.78, 5) is 4.12. The second kappa shape index (κ2) is 4.94. The lowest BCUT2D eigenvalue weighted by Crippen LogP contribution is -2.00. The van der Waals surface area contributed by atoms with Crippen LogP contribution in [0.1, 0.15) is 19.9 Å². The van der Waals surface area contributed by atoms with Crippen LogP contribution in [-0.2, 0) is 0 Å². The summed E-state index contributed by atoms with van der Waals surface area (Å²) in [6.07, 6.45) is 5.17. The molecule has 0 unspecified atom stereocenters. The Labute approximate surface area is 110 Å². The summed E-state index contributed by atoms with van der Waals surface area (Å²) in [7, 11) is 0. The molecule has 2 aromatic heterocycles. The molecule has 17 heavy (non-hydrogen) atoms. The number of halogens is 2. The van der Waals surface area contributed by atoms with E-state index in [1.807, 2.05) is 10.9 Å². The van der Waals surface area contributed by atoms with Crippen molar-refractivity contribution in [3.8, 4) is 0 Å². The van der Waals surface area contributed by atoms with Gasteiger partial charge in [0.25, 0.3) is 0 Å². The fourth-order valence-electron chi connectivity index (χ4n) is 1.33. The van der Waals surface area contributed by atoms with E-state index in [0.717, 1.165) is 5.69 Å². The van der Waals surface area contributed by atoms with E-state index in [0.29, 0.717) is 21.9 Å². The Balaban J connectivity index is 2.19. The molecule has 1 N–H and O–H groups in total. The van der Waals surface area contributed by atoms with E-state index in [1.54, 1.807) is 18.5 Å². The average Bonchev–Trinajstić information content (AvgIpc) is 2.71. The summed E-state index contributed by atoms with van der Waals surface area (Å²) in [5.41, 5.74) is 0.843. The molecule has 0 amide bonds. The molecule has 0 aliphatic rings. The molecule has 90 valence electrons. The van der Waals surface area contributed by atoms with Gasteiger partial charge in [-0.3, -0.25) is 4.68 Å². The van der Waals surface area contributed by atoms with Crippen LogP contribution >= 0.6 is 23.2 Å². The fraction of sp³-hybridized carbons (Fsp3) is 0.273. The van der Waals surface area contributed by atoms with Crippen molar-refractivity contribution in [2.75, 3.05) is 5.32 Å². The van der Waals surface area contributed by atoms with E-state index < -0.39 is 0 Å². The first kappa shape index (κ1) is 12.2. The number of pyridine rings is 1. The number of aromatic nitrogens is 3. The van der Waals surface area contributed by atoms with Gasteiger partial charge in [0, 0.05) is 18.4 Å². The maximum atomic E-state index is 6.01. The fourth-order valence-corrected chi connectivity index (χ4v) is 1.76. The van der Waals surface area contributed by atoms with Crippen molar-refractivity contribution < 1.29 is 0 Å². The monoisotopic (exact) mass is 270 g/mol. The van der Waals surface area contributed by atoms with E-state index in [1.165, 1.54) is 0 Å². The molecule has 0 radical (unpaired) electrons. The summed E-state index contributed by atoms with van der Waals surface area (Å²) >= 11 is 11.8. The number of anilines is 2. The second-order valence-electron chi connectivity index (χ2n) is 3.91. The summed E-state index contributed by atoms with van der Waals surface area (Å²) < 4.78 is 1.85. The van der Waals surface area contributed by atoms with Crippen molar-refractivity contribution in [2.45, 2.75) is 19.9 Å². The van der Waals surface area contributed by atoms with Crippen LogP contribution in [0.2, 0.25) is 10.0 Å². The van der Waals surface area contributed by atoms with Gasteiger partial charge >= 0.3 is 0 Å². The third kappa shape index (κ3) is 2.90. The van der Waals surface area contributed by atoms with E-state index in [4.69, 9.17) is 23.2 Å². The quantitative estimate of drug-likeness (QED) is 0.920. The van der Waals surface area contributed by atoms with Crippen LogP contribution in [0.5, 0.6) is 0 Å². The van der Waals surface area contributed by atoms with Gasteiger partial charge in [0.1, 0.15) is 5.82 Å². The van der Waals surface area contributed by atoms with Gasteiger partial charge in [-0.15, -0.1) is 0 Å². The molecule has 0 aliphatic carbocycles. The van der Waals surface area contributed by atoms with Crippen LogP contribution in [-0.4, -0.2) is 14.8 Å². The molecular weight excluding hydrogens is 259 g/mol. The van der Waals surface area contributed by atoms with Crippen molar-refractivity contribution in [2.24, 2.45) is 0 Å². The molecule has 6 heteroatoms. The molecular formula is C11H12Cl2N4. The van der Waals surface area contributed by atoms with Gasteiger partial charge in [-0.2, -0.15) is 5.10 Å². The van der Waals surface area contributed by atoms with Crippen molar-refractivity contribution in [1.29, 1.82) is 0 Å². The zero-order valence-electron chi connectivity index (χ0n) is 9.48. The van der Waals surface area contributed by atoms with Gasteiger partial charge in [-0.1, -0.05) is 23.2 Å². The predicted molar refractivity (Wildman–Crippen MR) is 70.2 cm³/mol. The lowest BCUT2D eigenvalue weighted by Gasteiger charge is -2.05. The largest absolute Gasteiger partial charge is 0.336 e. The number of nitrogens with zero attached hydrogens (tertiary/aromatic N) is 3. The predicted octanol–water partition coefficient (Wildman–Crippen LogP) is 3.91. The second-order valence-corrected chi connectivity index (χ2v) is 4.76. The van der Waals surface area contributed by atoms with Crippen LogP contribution in [0.15, 0.2) is 24.7 Å². The molecule has 0 bridgehead atoms. The highest BCUT2D eigenvalue weighted by Gasteiger charge is 2.06. The summed E-state index contributed by atoms with van der Waals surface area (Å²) in [6.45, 7) is 4.12. The Morgan fingerprint density at radius 3 is 2.65 bits per heavy atom. The molecule has 0 aliphatic heterocycles. The van der Waals surface area contributed by atoms with Gasteiger partial charge in [-0.05, 0) is 19.9 Å². The molecule has 0 atom stereocenters.